The smallest absolute Gasteiger partial charge is 0.225 e. The zero-order valence-electron chi connectivity index (χ0n) is 13.8. The van der Waals surface area contributed by atoms with Crippen molar-refractivity contribution in [2.45, 2.75) is 12.8 Å². The van der Waals surface area contributed by atoms with Crippen LogP contribution in [0.4, 0.5) is 0 Å². The van der Waals surface area contributed by atoms with Crippen molar-refractivity contribution in [2.75, 3.05) is 33.4 Å². The molecule has 1 saturated heterocycles. The summed E-state index contributed by atoms with van der Waals surface area (Å²) in [4.78, 5) is 30.3. The van der Waals surface area contributed by atoms with Crippen LogP contribution in [0.1, 0.15) is 12.1 Å². The summed E-state index contributed by atoms with van der Waals surface area (Å²) in [5.74, 6) is -0.310. The van der Waals surface area contributed by atoms with Gasteiger partial charge in [0.05, 0.1) is 18.2 Å². The summed E-state index contributed by atoms with van der Waals surface area (Å²) in [6.45, 7) is 2.03. The number of hydrogen-bond donors (Lipinski definition) is 1. The number of amides is 2. The number of methoxy groups -OCH3 is 1. The monoisotopic (exact) mass is 330 g/mol. The number of carbonyl (C=O) groups is 2. The third kappa shape index (κ3) is 3.73. The summed E-state index contributed by atoms with van der Waals surface area (Å²) in [7, 11) is 1.60. The first-order valence-electron chi connectivity index (χ1n) is 8.14. The standard InChI is InChI=1S/C17H22N4O3/c1-24-9-8-21-11-13(10-16(21)22)17(23)18-6-5-14-12-20-7-3-2-4-15(20)19-14/h2-4,7,12-13H,5-6,8-11H2,1H3,(H,18,23)/t13-/m0/s1. The molecule has 0 aromatic carbocycles. The van der Waals surface area contributed by atoms with Crippen molar-refractivity contribution in [3.8, 4) is 0 Å². The Hall–Kier alpha value is -2.41. The molecule has 2 aromatic rings. The SMILES string of the molecule is COCCN1C[C@@H](C(=O)NCCc2cn3ccccc3n2)CC1=O. The zero-order valence-corrected chi connectivity index (χ0v) is 13.8. The lowest BCUT2D eigenvalue weighted by Crippen LogP contribution is -2.34. The fraction of sp³-hybridized carbons (Fsp3) is 0.471. The second-order valence-electron chi connectivity index (χ2n) is 5.97. The molecular weight excluding hydrogens is 308 g/mol. The highest BCUT2D eigenvalue weighted by molar-refractivity contribution is 5.89. The fourth-order valence-electron chi connectivity index (χ4n) is 2.93. The maximum Gasteiger partial charge on any atom is 0.225 e. The number of rotatable bonds is 7. The molecule has 128 valence electrons. The van der Waals surface area contributed by atoms with Gasteiger partial charge < -0.3 is 19.4 Å². The quantitative estimate of drug-likeness (QED) is 0.801. The van der Waals surface area contributed by atoms with Crippen molar-refractivity contribution in [3.63, 3.8) is 0 Å². The molecular formula is C17H22N4O3. The van der Waals surface area contributed by atoms with Crippen molar-refractivity contribution in [3.05, 3.63) is 36.3 Å². The van der Waals surface area contributed by atoms with Gasteiger partial charge in [-0.2, -0.15) is 0 Å². The molecule has 7 nitrogen and oxygen atoms in total. The minimum absolute atomic E-state index is 0.0209. The summed E-state index contributed by atoms with van der Waals surface area (Å²) in [5, 5.41) is 2.92. The predicted octanol–water partition coefficient (Wildman–Crippen LogP) is 0.488. The number of hydrogen-bond acceptors (Lipinski definition) is 4. The number of carbonyl (C=O) groups excluding carboxylic acids is 2. The van der Waals surface area contributed by atoms with Crippen molar-refractivity contribution >= 4 is 17.5 Å². The highest BCUT2D eigenvalue weighted by Crippen LogP contribution is 2.17. The van der Waals surface area contributed by atoms with Gasteiger partial charge in [0.1, 0.15) is 5.65 Å². The number of aromatic nitrogens is 2. The van der Waals surface area contributed by atoms with E-state index in [1.165, 1.54) is 0 Å². The number of likely N-dealkylation sites (tertiary alicyclic amines) is 1. The van der Waals surface area contributed by atoms with Crippen LogP contribution in [0.5, 0.6) is 0 Å². The van der Waals surface area contributed by atoms with E-state index in [9.17, 15) is 9.59 Å². The molecule has 1 aliphatic rings. The number of fused-ring (bicyclic) bond motifs is 1. The molecule has 7 heteroatoms. The Morgan fingerprint density at radius 1 is 1.46 bits per heavy atom. The summed E-state index contributed by atoms with van der Waals surface area (Å²) in [6, 6.07) is 5.84. The summed E-state index contributed by atoms with van der Waals surface area (Å²) >= 11 is 0. The van der Waals surface area contributed by atoms with E-state index in [4.69, 9.17) is 4.74 Å². The van der Waals surface area contributed by atoms with Gasteiger partial charge in [-0.05, 0) is 12.1 Å². The normalized spacial score (nSPS) is 17.6. The van der Waals surface area contributed by atoms with Crippen LogP contribution in [0, 0.1) is 5.92 Å². The Labute approximate surface area is 140 Å². The summed E-state index contributed by atoms with van der Waals surface area (Å²) < 4.78 is 6.94. The lowest BCUT2D eigenvalue weighted by molar-refractivity contribution is -0.129. The molecule has 1 atom stereocenters. The van der Waals surface area contributed by atoms with Gasteiger partial charge in [0, 0.05) is 52.0 Å². The maximum absolute atomic E-state index is 12.2. The zero-order chi connectivity index (χ0) is 16.9. The van der Waals surface area contributed by atoms with Crippen molar-refractivity contribution in [1.29, 1.82) is 0 Å². The topological polar surface area (TPSA) is 75.9 Å². The van der Waals surface area contributed by atoms with Crippen LogP contribution in [0.2, 0.25) is 0 Å². The molecule has 0 unspecified atom stereocenters. The number of ether oxygens (including phenoxy) is 1. The van der Waals surface area contributed by atoms with Gasteiger partial charge in [0.2, 0.25) is 11.8 Å². The summed E-state index contributed by atoms with van der Waals surface area (Å²) in [6.07, 6.45) is 4.86. The second-order valence-corrected chi connectivity index (χ2v) is 5.97. The van der Waals surface area contributed by atoms with Crippen LogP contribution in [0.3, 0.4) is 0 Å². The van der Waals surface area contributed by atoms with E-state index in [0.717, 1.165) is 11.3 Å². The summed E-state index contributed by atoms with van der Waals surface area (Å²) in [5.41, 5.74) is 1.83. The van der Waals surface area contributed by atoms with E-state index in [1.54, 1.807) is 12.0 Å². The fourth-order valence-corrected chi connectivity index (χ4v) is 2.93. The molecule has 0 spiro atoms. The van der Waals surface area contributed by atoms with Crippen molar-refractivity contribution in [1.82, 2.24) is 19.6 Å². The Balaban J connectivity index is 1.46. The van der Waals surface area contributed by atoms with Gasteiger partial charge in [-0.1, -0.05) is 6.07 Å². The molecule has 0 bridgehead atoms. The van der Waals surface area contributed by atoms with E-state index in [-0.39, 0.29) is 24.2 Å². The van der Waals surface area contributed by atoms with Crippen LogP contribution in [-0.4, -0.2) is 59.4 Å². The number of nitrogens with zero attached hydrogens (tertiary/aromatic N) is 3. The molecule has 0 saturated carbocycles. The first-order chi connectivity index (χ1) is 11.7. The van der Waals surface area contributed by atoms with Gasteiger partial charge in [-0.25, -0.2) is 4.98 Å². The van der Waals surface area contributed by atoms with Gasteiger partial charge in [-0.15, -0.1) is 0 Å². The van der Waals surface area contributed by atoms with Crippen molar-refractivity contribution in [2.24, 2.45) is 5.92 Å². The van der Waals surface area contributed by atoms with Crippen LogP contribution >= 0.6 is 0 Å². The first kappa shape index (κ1) is 16.4. The lowest BCUT2D eigenvalue weighted by Gasteiger charge is -2.15. The largest absolute Gasteiger partial charge is 0.383 e. The first-order valence-corrected chi connectivity index (χ1v) is 8.14. The van der Waals surface area contributed by atoms with E-state index in [1.807, 2.05) is 35.0 Å². The highest BCUT2D eigenvalue weighted by atomic mass is 16.5. The number of imidazole rings is 1. The van der Waals surface area contributed by atoms with Crippen LogP contribution < -0.4 is 5.32 Å². The molecule has 3 rings (SSSR count). The Bertz CT molecular complexity index is 694. The van der Waals surface area contributed by atoms with Crippen molar-refractivity contribution < 1.29 is 14.3 Å². The molecule has 24 heavy (non-hydrogen) atoms. The molecule has 1 N–H and O–H groups in total. The van der Waals surface area contributed by atoms with E-state index < -0.39 is 0 Å². The van der Waals surface area contributed by atoms with Gasteiger partial charge in [0.25, 0.3) is 0 Å². The Kier molecular flexibility index (Phi) is 5.10. The molecule has 3 heterocycles. The third-order valence-corrected chi connectivity index (χ3v) is 4.24. The third-order valence-electron chi connectivity index (χ3n) is 4.24. The van der Waals surface area contributed by atoms with Crippen LogP contribution in [-0.2, 0) is 20.7 Å². The molecule has 0 radical (unpaired) electrons. The minimum atomic E-state index is -0.268. The average Bonchev–Trinajstić information content (AvgIpc) is 3.15. The van der Waals surface area contributed by atoms with E-state index in [2.05, 4.69) is 10.3 Å². The predicted molar refractivity (Wildman–Crippen MR) is 88.5 cm³/mol. The molecule has 2 aromatic heterocycles. The van der Waals surface area contributed by atoms with E-state index in [0.29, 0.717) is 32.7 Å². The molecule has 1 aliphatic heterocycles. The lowest BCUT2D eigenvalue weighted by atomic mass is 10.1. The van der Waals surface area contributed by atoms with Gasteiger partial charge in [0.15, 0.2) is 0 Å². The highest BCUT2D eigenvalue weighted by Gasteiger charge is 2.33. The second kappa shape index (κ2) is 7.44. The molecule has 0 aliphatic carbocycles. The van der Waals surface area contributed by atoms with Gasteiger partial charge in [-0.3, -0.25) is 9.59 Å². The van der Waals surface area contributed by atoms with E-state index >= 15 is 0 Å². The number of pyridine rings is 1. The Morgan fingerprint density at radius 3 is 3.12 bits per heavy atom. The van der Waals surface area contributed by atoms with Gasteiger partial charge >= 0.3 is 0 Å². The molecule has 2 amide bonds. The number of nitrogens with one attached hydrogen (secondary N) is 1. The van der Waals surface area contributed by atoms with Crippen LogP contribution in [0.25, 0.3) is 5.65 Å². The molecule has 1 fully saturated rings. The minimum Gasteiger partial charge on any atom is -0.383 e. The maximum atomic E-state index is 12.2. The van der Waals surface area contributed by atoms with Crippen LogP contribution in [0.15, 0.2) is 30.6 Å². The Morgan fingerprint density at radius 2 is 2.33 bits per heavy atom. The average molecular weight is 330 g/mol.